The molecule has 3 aromatic rings. The zero-order valence-corrected chi connectivity index (χ0v) is 20.5. The van der Waals surface area contributed by atoms with Crippen molar-refractivity contribution in [2.45, 2.75) is 63.8 Å². The molecule has 0 bridgehead atoms. The molecule has 1 N–H and O–H groups in total. The number of thiophene rings is 1. The van der Waals surface area contributed by atoms with Crippen LogP contribution in [0, 0.1) is 6.92 Å². The second-order valence-electron chi connectivity index (χ2n) is 9.40. The lowest BCUT2D eigenvalue weighted by Gasteiger charge is -2.26. The molecular weight excluding hydrogens is 462 g/mol. The summed E-state index contributed by atoms with van der Waals surface area (Å²) in [5.74, 6) is -0.166. The number of aryl methyl sites for hydroxylation is 2. The first kappa shape index (κ1) is 23.4. The van der Waals surface area contributed by atoms with E-state index in [1.54, 1.807) is 24.4 Å². The molecule has 1 aromatic carbocycles. The zero-order chi connectivity index (χ0) is 24.7. The number of nitrogens with one attached hydrogen (secondary N) is 1. The number of fused-ring (bicyclic) bond motifs is 1. The molecule has 3 heterocycles. The van der Waals surface area contributed by atoms with Crippen molar-refractivity contribution in [1.29, 1.82) is 0 Å². The van der Waals surface area contributed by atoms with E-state index in [1.807, 2.05) is 12.1 Å². The molecule has 0 radical (unpaired) electrons. The number of Topliss-reactive ketones (excluding diaryl/α,β-unsaturated/α-hetero) is 2. The minimum Gasteiger partial charge on any atom is -0.329 e. The Bertz CT molecular complexity index is 1410. The van der Waals surface area contributed by atoms with Gasteiger partial charge in [-0.05, 0) is 50.5 Å². The number of nitrogens with zero attached hydrogens (tertiary/aromatic N) is 2. The third kappa shape index (κ3) is 4.38. The summed E-state index contributed by atoms with van der Waals surface area (Å²) in [6, 6.07) is 6.79. The van der Waals surface area contributed by atoms with Crippen LogP contribution >= 0.6 is 11.3 Å². The summed E-state index contributed by atoms with van der Waals surface area (Å²) in [5, 5.41) is 4.87. The number of ketones is 2. The van der Waals surface area contributed by atoms with Gasteiger partial charge in [0.05, 0.1) is 10.9 Å². The number of carbonyl (C=O) groups is 3. The Morgan fingerprint density at radius 2 is 1.91 bits per heavy atom. The number of piperidine rings is 1. The van der Waals surface area contributed by atoms with Gasteiger partial charge in [0, 0.05) is 27.9 Å². The van der Waals surface area contributed by atoms with Crippen LogP contribution in [0.5, 0.6) is 0 Å². The van der Waals surface area contributed by atoms with Crippen molar-refractivity contribution < 1.29 is 14.4 Å². The molecule has 2 aliphatic rings. The Labute approximate surface area is 206 Å². The molecule has 1 amide bonds. The lowest BCUT2D eigenvalue weighted by molar-refractivity contribution is -0.125. The molecule has 1 aliphatic heterocycles. The predicted molar refractivity (Wildman–Crippen MR) is 135 cm³/mol. The third-order valence-electron chi connectivity index (χ3n) is 7.13. The number of hydrogen-bond acceptors (Lipinski definition) is 6. The van der Waals surface area contributed by atoms with E-state index in [-0.39, 0.29) is 17.9 Å². The molecule has 1 saturated heterocycles. The van der Waals surface area contributed by atoms with Crippen LogP contribution in [0.25, 0.3) is 10.9 Å². The van der Waals surface area contributed by atoms with Crippen molar-refractivity contribution in [2.24, 2.45) is 0 Å². The van der Waals surface area contributed by atoms with Crippen molar-refractivity contribution in [1.82, 2.24) is 14.9 Å². The van der Waals surface area contributed by atoms with Gasteiger partial charge in [-0.3, -0.25) is 23.7 Å². The summed E-state index contributed by atoms with van der Waals surface area (Å²) in [6.07, 6.45) is 5.10. The largest absolute Gasteiger partial charge is 0.329 e. The molecule has 5 rings (SSSR count). The number of hydrogen-bond donors (Lipinski definition) is 1. The maximum absolute atomic E-state index is 13.2. The molecule has 1 atom stereocenters. The van der Waals surface area contributed by atoms with E-state index in [1.165, 1.54) is 40.7 Å². The Morgan fingerprint density at radius 1 is 1.17 bits per heavy atom. The number of carbonyl (C=O) groups excluding carboxylic acids is 3. The van der Waals surface area contributed by atoms with E-state index < -0.39 is 17.6 Å². The Balaban J connectivity index is 1.31. The van der Waals surface area contributed by atoms with Crippen molar-refractivity contribution in [3.63, 3.8) is 0 Å². The number of amides is 1. The Hall–Kier alpha value is -3.39. The molecule has 35 heavy (non-hydrogen) atoms. The van der Waals surface area contributed by atoms with Gasteiger partial charge in [0.15, 0.2) is 0 Å². The van der Waals surface area contributed by atoms with Crippen molar-refractivity contribution in [3.8, 4) is 0 Å². The third-order valence-corrected chi connectivity index (χ3v) is 8.16. The lowest BCUT2D eigenvalue weighted by Crippen LogP contribution is -2.41. The van der Waals surface area contributed by atoms with Crippen LogP contribution in [0.15, 0.2) is 46.7 Å². The predicted octanol–water partition coefficient (Wildman–Crippen LogP) is 4.38. The van der Waals surface area contributed by atoms with Gasteiger partial charge in [0.2, 0.25) is 17.5 Å². The van der Waals surface area contributed by atoms with E-state index in [9.17, 15) is 19.2 Å². The summed E-state index contributed by atoms with van der Waals surface area (Å²) < 4.78 is 1.45. The molecule has 180 valence electrons. The van der Waals surface area contributed by atoms with Crippen LogP contribution in [-0.4, -0.2) is 27.0 Å². The van der Waals surface area contributed by atoms with E-state index >= 15 is 0 Å². The van der Waals surface area contributed by atoms with Crippen LogP contribution in [0.1, 0.15) is 77.1 Å². The van der Waals surface area contributed by atoms with E-state index in [4.69, 9.17) is 0 Å². The minimum atomic E-state index is -0.622. The first-order valence-electron chi connectivity index (χ1n) is 12.0. The van der Waals surface area contributed by atoms with Crippen molar-refractivity contribution in [3.05, 3.63) is 74.1 Å². The van der Waals surface area contributed by atoms with Gasteiger partial charge in [-0.15, -0.1) is 11.3 Å². The average molecular weight is 490 g/mol. The van der Waals surface area contributed by atoms with Crippen LogP contribution in [-0.2, 0) is 16.0 Å². The second kappa shape index (κ2) is 9.34. The maximum atomic E-state index is 13.2. The molecular formula is C27H27N3O4S. The van der Waals surface area contributed by atoms with Crippen LogP contribution in [0.3, 0.4) is 0 Å². The molecule has 1 aliphatic carbocycles. The van der Waals surface area contributed by atoms with Gasteiger partial charge in [-0.1, -0.05) is 37.3 Å². The van der Waals surface area contributed by atoms with E-state index in [0.717, 1.165) is 4.88 Å². The monoisotopic (exact) mass is 489 g/mol. The topological polar surface area (TPSA) is 98.1 Å². The quantitative estimate of drug-likeness (QED) is 0.392. The molecule has 0 spiro atoms. The molecule has 1 unspecified atom stereocenters. The molecule has 1 saturated carbocycles. The minimum absolute atomic E-state index is 0.0514. The van der Waals surface area contributed by atoms with Gasteiger partial charge >= 0.3 is 0 Å². The number of benzene rings is 1. The highest BCUT2D eigenvalue weighted by Gasteiger charge is 2.29. The van der Waals surface area contributed by atoms with Crippen molar-refractivity contribution >= 4 is 39.7 Å². The second-order valence-corrected chi connectivity index (χ2v) is 10.4. The highest BCUT2D eigenvalue weighted by Crippen LogP contribution is 2.36. The van der Waals surface area contributed by atoms with Crippen LogP contribution in [0.2, 0.25) is 0 Å². The fourth-order valence-electron chi connectivity index (χ4n) is 4.86. The first-order chi connectivity index (χ1) is 16.8. The normalized spacial score (nSPS) is 18.4. The van der Waals surface area contributed by atoms with Gasteiger partial charge in [0.1, 0.15) is 11.9 Å². The molecule has 8 heteroatoms. The standard InChI is InChI=1S/C27H27N3O4S/c1-15-6-11-21(26(33)28-15)30-16(2)29-24-20(27(30)34)14-35-23(24)13-12-22(31)25(32)19-9-7-18(8-10-19)17-4-3-5-17/h7-10,14,17,21H,1,3-6,11-13H2,2H3,(H,28,33). The summed E-state index contributed by atoms with van der Waals surface area (Å²) in [7, 11) is 0. The van der Waals surface area contributed by atoms with Gasteiger partial charge < -0.3 is 5.32 Å². The van der Waals surface area contributed by atoms with Crippen LogP contribution in [0.4, 0.5) is 0 Å². The summed E-state index contributed by atoms with van der Waals surface area (Å²) in [5.41, 5.74) is 2.57. The summed E-state index contributed by atoms with van der Waals surface area (Å²) >= 11 is 1.35. The Morgan fingerprint density at radius 3 is 2.57 bits per heavy atom. The Kier molecular flexibility index (Phi) is 6.23. The maximum Gasteiger partial charge on any atom is 0.262 e. The summed E-state index contributed by atoms with van der Waals surface area (Å²) in [4.78, 5) is 56.4. The first-order valence-corrected chi connectivity index (χ1v) is 12.9. The van der Waals surface area contributed by atoms with Crippen molar-refractivity contribution in [2.75, 3.05) is 0 Å². The SMILES string of the molecule is C=C1CCC(n2c(C)nc3c(CCC(=O)C(=O)c4ccc(C5CCC5)cc4)scc3c2=O)C(=O)N1. The van der Waals surface area contributed by atoms with E-state index in [0.29, 0.717) is 53.2 Å². The summed E-state index contributed by atoms with van der Waals surface area (Å²) in [6.45, 7) is 5.50. The molecule has 2 aromatic heterocycles. The fraction of sp³-hybridized carbons (Fsp3) is 0.370. The smallest absolute Gasteiger partial charge is 0.262 e. The fourth-order valence-corrected chi connectivity index (χ4v) is 5.82. The lowest BCUT2D eigenvalue weighted by atomic mass is 9.80. The highest BCUT2D eigenvalue weighted by molar-refractivity contribution is 7.11. The number of aromatic nitrogens is 2. The van der Waals surface area contributed by atoms with Gasteiger partial charge in [-0.25, -0.2) is 4.98 Å². The van der Waals surface area contributed by atoms with Gasteiger partial charge in [0.25, 0.3) is 5.56 Å². The average Bonchev–Trinajstić information content (AvgIpc) is 3.20. The number of rotatable bonds is 7. The molecule has 7 nitrogen and oxygen atoms in total. The number of allylic oxidation sites excluding steroid dienone is 1. The highest BCUT2D eigenvalue weighted by atomic mass is 32.1. The zero-order valence-electron chi connectivity index (χ0n) is 19.6. The molecule has 2 fully saturated rings. The van der Waals surface area contributed by atoms with Gasteiger partial charge in [-0.2, -0.15) is 0 Å². The van der Waals surface area contributed by atoms with E-state index in [2.05, 4.69) is 16.9 Å². The van der Waals surface area contributed by atoms with Crippen LogP contribution < -0.4 is 10.9 Å².